The molecule has 1 saturated heterocycles. The van der Waals surface area contributed by atoms with Gasteiger partial charge in [-0.25, -0.2) is 0 Å². The first-order valence-electron chi connectivity index (χ1n) is 6.77. The van der Waals surface area contributed by atoms with Crippen molar-refractivity contribution < 1.29 is 9.90 Å². The lowest BCUT2D eigenvalue weighted by Gasteiger charge is -2.35. The fourth-order valence-corrected chi connectivity index (χ4v) is 2.87. The van der Waals surface area contributed by atoms with Gasteiger partial charge < -0.3 is 5.11 Å². The van der Waals surface area contributed by atoms with E-state index in [1.54, 1.807) is 0 Å². The number of carbonyl (C=O) groups is 1. The summed E-state index contributed by atoms with van der Waals surface area (Å²) in [6.07, 6.45) is 2.26. The van der Waals surface area contributed by atoms with Crippen molar-refractivity contribution in [3.8, 4) is 0 Å². The summed E-state index contributed by atoms with van der Waals surface area (Å²) < 4.78 is 0. The number of hydrogen-bond acceptors (Lipinski definition) is 2. The molecule has 0 bridgehead atoms. The molecule has 1 N–H and O–H groups in total. The van der Waals surface area contributed by atoms with Gasteiger partial charge in [-0.2, -0.15) is 0 Å². The molecule has 1 aromatic rings. The van der Waals surface area contributed by atoms with Crippen molar-refractivity contribution in [1.82, 2.24) is 4.90 Å². The van der Waals surface area contributed by atoms with Crippen molar-refractivity contribution in [3.63, 3.8) is 0 Å². The van der Waals surface area contributed by atoms with Crippen LogP contribution in [-0.2, 0) is 4.79 Å². The summed E-state index contributed by atoms with van der Waals surface area (Å²) in [4.78, 5) is 13.1. The van der Waals surface area contributed by atoms with E-state index in [0.29, 0.717) is 18.4 Å². The minimum absolute atomic E-state index is 0.309. The summed E-state index contributed by atoms with van der Waals surface area (Å²) in [6, 6.07) is 8.34. The van der Waals surface area contributed by atoms with Gasteiger partial charge in [-0.05, 0) is 56.5 Å². The Morgan fingerprint density at radius 1 is 1.37 bits per heavy atom. The highest BCUT2D eigenvalue weighted by atomic mass is 35.5. The van der Waals surface area contributed by atoms with Gasteiger partial charge in [0.05, 0.1) is 0 Å². The van der Waals surface area contributed by atoms with E-state index in [2.05, 4.69) is 24.0 Å². The highest BCUT2D eigenvalue weighted by Gasteiger charge is 2.24. The molecule has 1 aromatic carbocycles. The molecule has 0 aliphatic carbocycles. The number of halogens is 1. The van der Waals surface area contributed by atoms with E-state index < -0.39 is 5.97 Å². The molecule has 3 nitrogen and oxygen atoms in total. The van der Waals surface area contributed by atoms with Gasteiger partial charge in [0.15, 0.2) is 0 Å². The van der Waals surface area contributed by atoms with Crippen molar-refractivity contribution in [1.29, 1.82) is 0 Å². The lowest BCUT2D eigenvalue weighted by Crippen LogP contribution is -2.36. The second kappa shape index (κ2) is 6.40. The normalized spacial score (nSPS) is 19.3. The lowest BCUT2D eigenvalue weighted by molar-refractivity contribution is -0.138. The van der Waals surface area contributed by atoms with Crippen LogP contribution in [-0.4, -0.2) is 29.1 Å². The van der Waals surface area contributed by atoms with Gasteiger partial charge in [0.25, 0.3) is 0 Å². The van der Waals surface area contributed by atoms with Crippen molar-refractivity contribution in [2.75, 3.05) is 13.1 Å². The SMILES string of the molecule is CC(c1ccc(Cl)cc1)N1CCC(CC(=O)O)CC1. The van der Waals surface area contributed by atoms with Crippen LogP contribution in [0.2, 0.25) is 5.02 Å². The first-order valence-corrected chi connectivity index (χ1v) is 7.15. The van der Waals surface area contributed by atoms with Crippen molar-refractivity contribution in [2.45, 2.75) is 32.2 Å². The van der Waals surface area contributed by atoms with Gasteiger partial charge in [-0.3, -0.25) is 9.69 Å². The lowest BCUT2D eigenvalue weighted by atomic mass is 9.92. The number of carboxylic acids is 1. The van der Waals surface area contributed by atoms with E-state index >= 15 is 0 Å². The van der Waals surface area contributed by atoms with Gasteiger partial charge >= 0.3 is 5.97 Å². The first-order chi connectivity index (χ1) is 9.06. The molecular formula is C15H20ClNO2. The number of piperidine rings is 1. The van der Waals surface area contributed by atoms with Gasteiger partial charge in [-0.15, -0.1) is 0 Å². The number of hydrogen-bond donors (Lipinski definition) is 1. The molecule has 0 spiro atoms. The van der Waals surface area contributed by atoms with E-state index in [9.17, 15) is 4.79 Å². The predicted octanol–water partition coefficient (Wildman–Crippen LogP) is 3.59. The molecule has 19 heavy (non-hydrogen) atoms. The molecule has 1 unspecified atom stereocenters. The Labute approximate surface area is 119 Å². The first kappa shape index (κ1) is 14.4. The van der Waals surface area contributed by atoms with Crippen molar-refractivity contribution >= 4 is 17.6 Å². The summed E-state index contributed by atoms with van der Waals surface area (Å²) in [5.74, 6) is -0.338. The minimum atomic E-state index is -0.677. The quantitative estimate of drug-likeness (QED) is 0.917. The highest BCUT2D eigenvalue weighted by Crippen LogP contribution is 2.28. The Balaban J connectivity index is 1.90. The zero-order valence-corrected chi connectivity index (χ0v) is 11.9. The third-order valence-corrected chi connectivity index (χ3v) is 4.26. The van der Waals surface area contributed by atoms with E-state index in [4.69, 9.17) is 16.7 Å². The van der Waals surface area contributed by atoms with Crippen LogP contribution in [0, 0.1) is 5.92 Å². The van der Waals surface area contributed by atoms with Crippen LogP contribution < -0.4 is 0 Å². The van der Waals surface area contributed by atoms with Crippen LogP contribution in [0.25, 0.3) is 0 Å². The number of nitrogens with zero attached hydrogens (tertiary/aromatic N) is 1. The van der Waals surface area contributed by atoms with E-state index in [1.165, 1.54) is 5.56 Å². The van der Waals surface area contributed by atoms with Crippen LogP contribution in [0.1, 0.15) is 37.8 Å². The number of carboxylic acid groups (broad SMARTS) is 1. The molecule has 1 heterocycles. The van der Waals surface area contributed by atoms with Crippen LogP contribution in [0.4, 0.5) is 0 Å². The molecule has 1 atom stereocenters. The largest absolute Gasteiger partial charge is 0.481 e. The Morgan fingerprint density at radius 2 is 1.95 bits per heavy atom. The van der Waals surface area contributed by atoms with Crippen LogP contribution in [0.5, 0.6) is 0 Å². The van der Waals surface area contributed by atoms with Gasteiger partial charge in [0.2, 0.25) is 0 Å². The van der Waals surface area contributed by atoms with Gasteiger partial charge in [0, 0.05) is 17.5 Å². The van der Waals surface area contributed by atoms with E-state index in [1.807, 2.05) is 12.1 Å². The van der Waals surface area contributed by atoms with Crippen molar-refractivity contribution in [3.05, 3.63) is 34.9 Å². The average Bonchev–Trinajstić information content (AvgIpc) is 2.39. The Morgan fingerprint density at radius 3 is 2.47 bits per heavy atom. The minimum Gasteiger partial charge on any atom is -0.481 e. The average molecular weight is 282 g/mol. The molecule has 2 rings (SSSR count). The summed E-state index contributed by atoms with van der Waals surface area (Å²) in [5.41, 5.74) is 1.26. The number of benzene rings is 1. The Hall–Kier alpha value is -1.06. The Bertz CT molecular complexity index is 424. The van der Waals surface area contributed by atoms with Gasteiger partial charge in [0.1, 0.15) is 0 Å². The number of rotatable bonds is 4. The van der Waals surface area contributed by atoms with Gasteiger partial charge in [-0.1, -0.05) is 23.7 Å². The number of aliphatic carboxylic acids is 1. The maximum Gasteiger partial charge on any atom is 0.303 e. The Kier molecular flexibility index (Phi) is 4.83. The molecule has 1 aliphatic heterocycles. The second-order valence-electron chi connectivity index (χ2n) is 5.30. The predicted molar refractivity (Wildman–Crippen MR) is 76.4 cm³/mol. The molecule has 1 fully saturated rings. The molecular weight excluding hydrogens is 262 g/mol. The molecule has 0 amide bonds. The highest BCUT2D eigenvalue weighted by molar-refractivity contribution is 6.30. The second-order valence-corrected chi connectivity index (χ2v) is 5.74. The van der Waals surface area contributed by atoms with E-state index in [0.717, 1.165) is 31.0 Å². The summed E-state index contributed by atoms with van der Waals surface area (Å²) >= 11 is 5.90. The summed E-state index contributed by atoms with van der Waals surface area (Å²) in [7, 11) is 0. The monoisotopic (exact) mass is 281 g/mol. The number of likely N-dealkylation sites (tertiary alicyclic amines) is 1. The van der Waals surface area contributed by atoms with Crippen LogP contribution >= 0.6 is 11.6 Å². The summed E-state index contributed by atoms with van der Waals surface area (Å²) in [6.45, 7) is 4.14. The fourth-order valence-electron chi connectivity index (χ4n) is 2.74. The molecule has 4 heteroatoms. The molecule has 1 aliphatic rings. The molecule has 104 valence electrons. The molecule has 0 aromatic heterocycles. The third kappa shape index (κ3) is 3.95. The van der Waals surface area contributed by atoms with Crippen LogP contribution in [0.3, 0.4) is 0 Å². The topological polar surface area (TPSA) is 40.5 Å². The van der Waals surface area contributed by atoms with Crippen LogP contribution in [0.15, 0.2) is 24.3 Å². The van der Waals surface area contributed by atoms with Crippen molar-refractivity contribution in [2.24, 2.45) is 5.92 Å². The molecule has 0 saturated carbocycles. The van der Waals surface area contributed by atoms with E-state index in [-0.39, 0.29) is 0 Å². The zero-order valence-electron chi connectivity index (χ0n) is 11.2. The maximum absolute atomic E-state index is 10.7. The molecule has 0 radical (unpaired) electrons. The summed E-state index contributed by atoms with van der Waals surface area (Å²) in [5, 5.41) is 9.58. The standard InChI is InChI=1S/C15H20ClNO2/c1-11(13-2-4-14(16)5-3-13)17-8-6-12(7-9-17)10-15(18)19/h2-5,11-12H,6-10H2,1H3,(H,18,19). The smallest absolute Gasteiger partial charge is 0.303 e. The third-order valence-electron chi connectivity index (χ3n) is 4.01. The zero-order chi connectivity index (χ0) is 13.8. The maximum atomic E-state index is 10.7. The fraction of sp³-hybridized carbons (Fsp3) is 0.533.